The summed E-state index contributed by atoms with van der Waals surface area (Å²) in [5, 5.41) is 2.62. The van der Waals surface area contributed by atoms with E-state index in [0.29, 0.717) is 13.0 Å². The molecule has 1 amide bonds. The van der Waals surface area contributed by atoms with Crippen molar-refractivity contribution < 1.29 is 22.3 Å². The summed E-state index contributed by atoms with van der Waals surface area (Å²) in [4.78, 5) is 11.5. The standard InChI is InChI=1S/C12H15ClFNO4S/c1-3-10(7-19-2)15-12(16)8-4-9(14)6-11(5-8)20(13,17)18/h4-6,10H,3,7H2,1-2H3,(H,15,16). The van der Waals surface area contributed by atoms with Crippen LogP contribution in [0.1, 0.15) is 23.7 Å². The topological polar surface area (TPSA) is 72.5 Å². The van der Waals surface area contributed by atoms with Gasteiger partial charge in [-0.05, 0) is 24.6 Å². The molecule has 20 heavy (non-hydrogen) atoms. The van der Waals surface area contributed by atoms with E-state index in [1.807, 2.05) is 6.92 Å². The number of methoxy groups -OCH3 is 1. The molecule has 112 valence electrons. The maximum Gasteiger partial charge on any atom is 0.261 e. The summed E-state index contributed by atoms with van der Waals surface area (Å²) < 4.78 is 40.7. The molecule has 0 aliphatic heterocycles. The predicted molar refractivity (Wildman–Crippen MR) is 72.9 cm³/mol. The number of nitrogens with one attached hydrogen (secondary N) is 1. The Morgan fingerprint density at radius 1 is 1.45 bits per heavy atom. The molecule has 0 saturated heterocycles. The first-order chi connectivity index (χ1) is 9.27. The summed E-state index contributed by atoms with van der Waals surface area (Å²) in [6.07, 6.45) is 0.621. The smallest absolute Gasteiger partial charge is 0.261 e. The Morgan fingerprint density at radius 2 is 2.10 bits per heavy atom. The molecule has 0 heterocycles. The van der Waals surface area contributed by atoms with Crippen LogP contribution in [0.5, 0.6) is 0 Å². The molecule has 1 aromatic rings. The predicted octanol–water partition coefficient (Wildman–Crippen LogP) is 1.91. The third-order valence-corrected chi connectivity index (χ3v) is 3.94. The molecule has 0 aliphatic rings. The van der Waals surface area contributed by atoms with Crippen molar-refractivity contribution in [2.75, 3.05) is 13.7 Å². The van der Waals surface area contributed by atoms with E-state index in [2.05, 4.69) is 5.32 Å². The summed E-state index contributed by atoms with van der Waals surface area (Å²) in [7, 11) is 2.54. The number of halogens is 2. The van der Waals surface area contributed by atoms with Crippen LogP contribution in [0.4, 0.5) is 4.39 Å². The Bertz CT molecular complexity index is 591. The summed E-state index contributed by atoms with van der Waals surface area (Å²) in [5.74, 6) is -1.44. The van der Waals surface area contributed by atoms with Gasteiger partial charge in [0.25, 0.3) is 15.0 Å². The average Bonchev–Trinajstić information content (AvgIpc) is 2.36. The second kappa shape index (κ2) is 7.01. The molecule has 0 fully saturated rings. The van der Waals surface area contributed by atoms with E-state index < -0.39 is 25.7 Å². The van der Waals surface area contributed by atoms with Gasteiger partial charge in [-0.3, -0.25) is 4.79 Å². The SMILES string of the molecule is CCC(COC)NC(=O)c1cc(F)cc(S(=O)(=O)Cl)c1. The fourth-order valence-electron chi connectivity index (χ4n) is 1.57. The molecule has 0 radical (unpaired) electrons. The zero-order valence-electron chi connectivity index (χ0n) is 11.0. The highest BCUT2D eigenvalue weighted by Crippen LogP contribution is 2.18. The summed E-state index contributed by atoms with van der Waals surface area (Å²) >= 11 is 0. The highest BCUT2D eigenvalue weighted by Gasteiger charge is 2.17. The van der Waals surface area contributed by atoms with Crippen LogP contribution in [-0.4, -0.2) is 34.1 Å². The first kappa shape index (κ1) is 16.9. The molecule has 1 aromatic carbocycles. The van der Waals surface area contributed by atoms with Gasteiger partial charge in [-0.1, -0.05) is 6.92 Å². The van der Waals surface area contributed by atoms with Crippen LogP contribution in [0.3, 0.4) is 0 Å². The Balaban J connectivity index is 3.02. The lowest BCUT2D eigenvalue weighted by molar-refractivity contribution is 0.0894. The number of carbonyl (C=O) groups excluding carboxylic acids is 1. The van der Waals surface area contributed by atoms with Gasteiger partial charge in [-0.15, -0.1) is 0 Å². The fourth-order valence-corrected chi connectivity index (χ4v) is 2.35. The molecule has 1 atom stereocenters. The van der Waals surface area contributed by atoms with E-state index in [4.69, 9.17) is 15.4 Å². The lowest BCUT2D eigenvalue weighted by Crippen LogP contribution is -2.37. The maximum absolute atomic E-state index is 13.4. The van der Waals surface area contributed by atoms with Gasteiger partial charge in [-0.25, -0.2) is 12.8 Å². The second-order valence-corrected chi connectivity index (χ2v) is 6.71. The molecule has 5 nitrogen and oxygen atoms in total. The molecule has 1 rings (SSSR count). The molecule has 0 aliphatic carbocycles. The molecule has 1 unspecified atom stereocenters. The van der Waals surface area contributed by atoms with Gasteiger partial charge in [0.2, 0.25) is 0 Å². The third-order valence-electron chi connectivity index (χ3n) is 2.61. The normalized spacial score (nSPS) is 13.0. The zero-order chi connectivity index (χ0) is 15.3. The van der Waals surface area contributed by atoms with Crippen molar-refractivity contribution in [3.8, 4) is 0 Å². The van der Waals surface area contributed by atoms with Crippen molar-refractivity contribution in [2.45, 2.75) is 24.3 Å². The van der Waals surface area contributed by atoms with Gasteiger partial charge in [-0.2, -0.15) is 0 Å². The summed E-state index contributed by atoms with van der Waals surface area (Å²) in [6.45, 7) is 2.16. The van der Waals surface area contributed by atoms with Crippen molar-refractivity contribution in [3.63, 3.8) is 0 Å². The van der Waals surface area contributed by atoms with Crippen LogP contribution >= 0.6 is 10.7 Å². The van der Waals surface area contributed by atoms with Crippen molar-refractivity contribution >= 4 is 25.6 Å². The molecular formula is C12H15ClFNO4S. The van der Waals surface area contributed by atoms with E-state index in [1.165, 1.54) is 7.11 Å². The van der Waals surface area contributed by atoms with Crippen molar-refractivity contribution in [2.24, 2.45) is 0 Å². The fraction of sp³-hybridized carbons (Fsp3) is 0.417. The van der Waals surface area contributed by atoms with Crippen molar-refractivity contribution in [1.82, 2.24) is 5.32 Å². The van der Waals surface area contributed by atoms with E-state index in [0.717, 1.165) is 18.2 Å². The highest BCUT2D eigenvalue weighted by atomic mass is 35.7. The Kier molecular flexibility index (Phi) is 5.91. The van der Waals surface area contributed by atoms with Crippen LogP contribution < -0.4 is 5.32 Å². The first-order valence-electron chi connectivity index (χ1n) is 5.83. The van der Waals surface area contributed by atoms with Gasteiger partial charge < -0.3 is 10.1 Å². The summed E-state index contributed by atoms with van der Waals surface area (Å²) in [6, 6.07) is 2.48. The third kappa shape index (κ3) is 4.73. The number of benzene rings is 1. The van der Waals surface area contributed by atoms with E-state index in [-0.39, 0.29) is 11.6 Å². The highest BCUT2D eigenvalue weighted by molar-refractivity contribution is 8.13. The number of rotatable bonds is 6. The van der Waals surface area contributed by atoms with Crippen molar-refractivity contribution in [1.29, 1.82) is 0 Å². The maximum atomic E-state index is 13.4. The molecule has 1 N–H and O–H groups in total. The van der Waals surface area contributed by atoms with Gasteiger partial charge >= 0.3 is 0 Å². The molecule has 0 bridgehead atoms. The van der Waals surface area contributed by atoms with E-state index in [9.17, 15) is 17.6 Å². The number of carbonyl (C=O) groups is 1. The lowest BCUT2D eigenvalue weighted by Gasteiger charge is -2.16. The largest absolute Gasteiger partial charge is 0.383 e. The second-order valence-electron chi connectivity index (χ2n) is 4.15. The average molecular weight is 324 g/mol. The molecule has 0 saturated carbocycles. The first-order valence-corrected chi connectivity index (χ1v) is 8.14. The van der Waals surface area contributed by atoms with E-state index >= 15 is 0 Å². The minimum absolute atomic E-state index is 0.112. The van der Waals surface area contributed by atoms with Gasteiger partial charge in [0, 0.05) is 23.4 Å². The van der Waals surface area contributed by atoms with Crippen LogP contribution in [0.15, 0.2) is 23.1 Å². The van der Waals surface area contributed by atoms with Crippen LogP contribution in [-0.2, 0) is 13.8 Å². The molecule has 0 spiro atoms. The molecule has 0 aromatic heterocycles. The lowest BCUT2D eigenvalue weighted by atomic mass is 10.1. The molecule has 8 heteroatoms. The number of hydrogen-bond acceptors (Lipinski definition) is 4. The zero-order valence-corrected chi connectivity index (χ0v) is 12.6. The quantitative estimate of drug-likeness (QED) is 0.812. The van der Waals surface area contributed by atoms with Crippen LogP contribution in [0, 0.1) is 5.82 Å². The van der Waals surface area contributed by atoms with Crippen LogP contribution in [0.25, 0.3) is 0 Å². The van der Waals surface area contributed by atoms with Crippen LogP contribution in [0.2, 0.25) is 0 Å². The number of ether oxygens (including phenoxy) is 1. The van der Waals surface area contributed by atoms with Gasteiger partial charge in [0.05, 0.1) is 17.5 Å². The van der Waals surface area contributed by atoms with Gasteiger partial charge in [0.15, 0.2) is 0 Å². The Labute approximate surface area is 121 Å². The molecular weight excluding hydrogens is 309 g/mol. The Morgan fingerprint density at radius 3 is 2.60 bits per heavy atom. The van der Waals surface area contributed by atoms with Crippen molar-refractivity contribution in [3.05, 3.63) is 29.6 Å². The van der Waals surface area contributed by atoms with Gasteiger partial charge in [0.1, 0.15) is 5.82 Å². The Hall–Kier alpha value is -1.18. The minimum Gasteiger partial charge on any atom is -0.383 e. The number of hydrogen-bond donors (Lipinski definition) is 1. The minimum atomic E-state index is -4.10. The number of amides is 1. The van der Waals surface area contributed by atoms with E-state index in [1.54, 1.807) is 0 Å². The monoisotopic (exact) mass is 323 g/mol. The summed E-state index contributed by atoms with van der Waals surface area (Å²) in [5.41, 5.74) is -0.112.